The highest BCUT2D eigenvalue weighted by Crippen LogP contribution is 2.54. The summed E-state index contributed by atoms with van der Waals surface area (Å²) in [7, 11) is 0. The predicted octanol–water partition coefficient (Wildman–Crippen LogP) is 3.66. The van der Waals surface area contributed by atoms with Crippen molar-refractivity contribution in [2.45, 2.75) is 32.3 Å². The van der Waals surface area contributed by atoms with Crippen molar-refractivity contribution in [2.24, 2.45) is 11.8 Å². The number of hydrogen-bond acceptors (Lipinski definition) is 2. The van der Waals surface area contributed by atoms with Gasteiger partial charge in [0.25, 0.3) is 0 Å². The molecule has 0 bridgehead atoms. The fourth-order valence-corrected chi connectivity index (χ4v) is 3.64. The Balaban J connectivity index is 2.33. The smallest absolute Gasteiger partial charge is 0.103 e. The monoisotopic (exact) mass is 230 g/mol. The van der Waals surface area contributed by atoms with Crippen LogP contribution in [0, 0.1) is 11.8 Å². The normalized spacial score (nSPS) is 30.0. The fraction of sp³-hybridized carbons (Fsp3) is 0.636. The van der Waals surface area contributed by atoms with E-state index in [1.165, 1.54) is 0 Å². The molecular weight excluding hydrogens is 216 g/mol. The molecule has 1 heterocycles. The van der Waals surface area contributed by atoms with E-state index in [2.05, 4.69) is 6.92 Å². The Hall–Kier alpha value is -0.0500. The summed E-state index contributed by atoms with van der Waals surface area (Å²) in [6.45, 7) is 4.22. The standard InChI is InChI=1S/C11H15ClOS/c1-3-11(13,8-6-7(8)2)10-9(12)4-5-14-10/h4-5,7-8,13H,3,6H2,1-2H3. The van der Waals surface area contributed by atoms with Crippen molar-refractivity contribution < 1.29 is 5.11 Å². The van der Waals surface area contributed by atoms with Crippen LogP contribution in [0.5, 0.6) is 0 Å². The van der Waals surface area contributed by atoms with Crippen LogP contribution in [-0.2, 0) is 5.60 Å². The summed E-state index contributed by atoms with van der Waals surface area (Å²) in [5.74, 6) is 1.04. The zero-order chi connectivity index (χ0) is 10.3. The van der Waals surface area contributed by atoms with Crippen LogP contribution in [0.15, 0.2) is 11.4 Å². The van der Waals surface area contributed by atoms with E-state index in [9.17, 15) is 5.11 Å². The molecule has 78 valence electrons. The van der Waals surface area contributed by atoms with E-state index in [0.717, 1.165) is 22.7 Å². The van der Waals surface area contributed by atoms with Crippen LogP contribution in [0.4, 0.5) is 0 Å². The summed E-state index contributed by atoms with van der Waals surface area (Å²) in [6, 6.07) is 1.87. The van der Waals surface area contributed by atoms with Crippen molar-refractivity contribution in [1.82, 2.24) is 0 Å². The van der Waals surface area contributed by atoms with Crippen molar-refractivity contribution in [1.29, 1.82) is 0 Å². The van der Waals surface area contributed by atoms with Crippen LogP contribution >= 0.6 is 22.9 Å². The molecule has 0 aromatic carbocycles. The van der Waals surface area contributed by atoms with Crippen LogP contribution in [0.3, 0.4) is 0 Å². The van der Waals surface area contributed by atoms with Crippen molar-refractivity contribution in [3.63, 3.8) is 0 Å². The Bertz CT molecular complexity index is 336. The van der Waals surface area contributed by atoms with Gasteiger partial charge in [0.15, 0.2) is 0 Å². The Morgan fingerprint density at radius 2 is 2.36 bits per heavy atom. The number of halogens is 1. The Morgan fingerprint density at radius 3 is 2.71 bits per heavy atom. The highest BCUT2D eigenvalue weighted by atomic mass is 35.5. The minimum absolute atomic E-state index is 0.406. The SMILES string of the molecule is CCC(O)(c1sccc1Cl)C1CC1C. The zero-order valence-corrected chi connectivity index (χ0v) is 10.0. The lowest BCUT2D eigenvalue weighted by atomic mass is 9.91. The molecule has 1 nitrogen and oxygen atoms in total. The van der Waals surface area contributed by atoms with Gasteiger partial charge in [0.2, 0.25) is 0 Å². The first-order valence-corrected chi connectivity index (χ1v) is 6.31. The highest BCUT2D eigenvalue weighted by molar-refractivity contribution is 7.10. The summed E-state index contributed by atoms with van der Waals surface area (Å²) in [4.78, 5) is 0.955. The Morgan fingerprint density at radius 1 is 1.71 bits per heavy atom. The van der Waals surface area contributed by atoms with E-state index in [4.69, 9.17) is 11.6 Å². The second-order valence-electron chi connectivity index (χ2n) is 4.19. The Labute approximate surface area is 93.7 Å². The van der Waals surface area contributed by atoms with E-state index in [1.807, 2.05) is 18.4 Å². The summed E-state index contributed by atoms with van der Waals surface area (Å²) in [5.41, 5.74) is -0.676. The third-order valence-corrected chi connectivity index (χ3v) is 4.78. The average Bonchev–Trinajstić information content (AvgIpc) is 2.74. The molecule has 1 fully saturated rings. The molecule has 0 saturated heterocycles. The molecule has 3 atom stereocenters. The van der Waals surface area contributed by atoms with Gasteiger partial charge in [0, 0.05) is 0 Å². The molecule has 3 unspecified atom stereocenters. The molecule has 1 aromatic rings. The molecule has 0 aliphatic heterocycles. The molecule has 3 heteroatoms. The van der Waals surface area contributed by atoms with E-state index in [1.54, 1.807) is 11.3 Å². The van der Waals surface area contributed by atoms with E-state index in [-0.39, 0.29) is 0 Å². The van der Waals surface area contributed by atoms with Crippen molar-refractivity contribution in [2.75, 3.05) is 0 Å². The molecule has 0 amide bonds. The number of rotatable bonds is 3. The number of thiophene rings is 1. The molecule has 0 radical (unpaired) electrons. The van der Waals surface area contributed by atoms with Crippen LogP contribution in [0.25, 0.3) is 0 Å². The van der Waals surface area contributed by atoms with Gasteiger partial charge in [-0.1, -0.05) is 25.4 Å². The first kappa shape index (κ1) is 10.5. The predicted molar refractivity (Wildman–Crippen MR) is 60.8 cm³/mol. The number of aliphatic hydroxyl groups is 1. The molecule has 1 aliphatic carbocycles. The van der Waals surface area contributed by atoms with Gasteiger partial charge in [-0.25, -0.2) is 0 Å². The summed E-state index contributed by atoms with van der Waals surface area (Å²) < 4.78 is 0. The molecule has 2 rings (SSSR count). The molecular formula is C11H15ClOS. The van der Waals surface area contributed by atoms with Crippen molar-refractivity contribution >= 4 is 22.9 Å². The lowest BCUT2D eigenvalue weighted by molar-refractivity contribution is 0.00809. The van der Waals surface area contributed by atoms with Crippen molar-refractivity contribution in [3.05, 3.63) is 21.3 Å². The molecule has 1 aromatic heterocycles. The van der Waals surface area contributed by atoms with Crippen LogP contribution in [0.1, 0.15) is 31.6 Å². The van der Waals surface area contributed by atoms with Crippen LogP contribution < -0.4 is 0 Å². The molecule has 0 spiro atoms. The highest BCUT2D eigenvalue weighted by Gasteiger charge is 2.50. The Kier molecular flexibility index (Phi) is 2.63. The lowest BCUT2D eigenvalue weighted by Gasteiger charge is -2.26. The average molecular weight is 231 g/mol. The quantitative estimate of drug-likeness (QED) is 0.841. The first-order valence-electron chi connectivity index (χ1n) is 5.05. The zero-order valence-electron chi connectivity index (χ0n) is 8.46. The van der Waals surface area contributed by atoms with Gasteiger partial charge in [-0.3, -0.25) is 0 Å². The topological polar surface area (TPSA) is 20.2 Å². The molecule has 1 aliphatic rings. The number of hydrogen-bond donors (Lipinski definition) is 1. The second-order valence-corrected chi connectivity index (χ2v) is 5.52. The van der Waals surface area contributed by atoms with Gasteiger partial charge in [-0.2, -0.15) is 0 Å². The molecule has 14 heavy (non-hydrogen) atoms. The summed E-state index contributed by atoms with van der Waals surface area (Å²) >= 11 is 7.64. The van der Waals surface area contributed by atoms with Gasteiger partial charge < -0.3 is 5.11 Å². The van der Waals surface area contributed by atoms with Gasteiger partial charge >= 0.3 is 0 Å². The second kappa shape index (κ2) is 3.51. The van der Waals surface area contributed by atoms with Gasteiger partial charge in [0.1, 0.15) is 5.60 Å². The maximum Gasteiger partial charge on any atom is 0.103 e. The molecule has 1 N–H and O–H groups in total. The minimum Gasteiger partial charge on any atom is -0.384 e. The van der Waals surface area contributed by atoms with Crippen LogP contribution in [-0.4, -0.2) is 5.11 Å². The largest absolute Gasteiger partial charge is 0.384 e. The maximum absolute atomic E-state index is 10.6. The van der Waals surface area contributed by atoms with Gasteiger partial charge in [-0.05, 0) is 36.1 Å². The third kappa shape index (κ3) is 1.50. The van der Waals surface area contributed by atoms with Crippen molar-refractivity contribution in [3.8, 4) is 0 Å². The van der Waals surface area contributed by atoms with E-state index < -0.39 is 5.60 Å². The summed E-state index contributed by atoms with van der Waals surface area (Å²) in [5, 5.41) is 13.3. The minimum atomic E-state index is -0.676. The van der Waals surface area contributed by atoms with E-state index >= 15 is 0 Å². The van der Waals surface area contributed by atoms with E-state index in [0.29, 0.717) is 11.8 Å². The fourth-order valence-electron chi connectivity index (χ4n) is 2.18. The van der Waals surface area contributed by atoms with Gasteiger partial charge in [0.05, 0.1) is 9.90 Å². The van der Waals surface area contributed by atoms with Crippen LogP contribution in [0.2, 0.25) is 5.02 Å². The maximum atomic E-state index is 10.6. The first-order chi connectivity index (χ1) is 6.59. The molecule has 1 saturated carbocycles. The third-order valence-electron chi connectivity index (χ3n) is 3.27. The van der Waals surface area contributed by atoms with Gasteiger partial charge in [-0.15, -0.1) is 11.3 Å². The summed E-state index contributed by atoms with van der Waals surface area (Å²) in [6.07, 6.45) is 1.88. The lowest BCUT2D eigenvalue weighted by Crippen LogP contribution is -2.27.